The van der Waals surface area contributed by atoms with Crippen LogP contribution in [0.1, 0.15) is 11.1 Å². The summed E-state index contributed by atoms with van der Waals surface area (Å²) in [6.07, 6.45) is -0.392. The quantitative estimate of drug-likeness (QED) is 0.589. The molecule has 1 aliphatic rings. The van der Waals surface area contributed by atoms with Crippen LogP contribution in [0.4, 0.5) is 4.79 Å². The van der Waals surface area contributed by atoms with Crippen molar-refractivity contribution in [1.82, 2.24) is 9.80 Å². The Kier molecular flexibility index (Phi) is 7.55. The molecule has 0 saturated carbocycles. The van der Waals surface area contributed by atoms with Gasteiger partial charge in [-0.3, -0.25) is 9.69 Å². The van der Waals surface area contributed by atoms with E-state index in [2.05, 4.69) is 0 Å². The van der Waals surface area contributed by atoms with Crippen LogP contribution in [-0.4, -0.2) is 59.8 Å². The van der Waals surface area contributed by atoms with Crippen molar-refractivity contribution < 1.29 is 19.1 Å². The molecule has 1 fully saturated rings. The van der Waals surface area contributed by atoms with Gasteiger partial charge in [-0.25, -0.2) is 4.79 Å². The van der Waals surface area contributed by atoms with Crippen molar-refractivity contribution in [3.63, 3.8) is 0 Å². The van der Waals surface area contributed by atoms with E-state index in [9.17, 15) is 9.59 Å². The third kappa shape index (κ3) is 5.31. The van der Waals surface area contributed by atoms with Crippen LogP contribution in [0.5, 0.6) is 0 Å². The first kappa shape index (κ1) is 21.2. The number of carbonyl (C=O) groups is 2. The summed E-state index contributed by atoms with van der Waals surface area (Å²) in [5, 5.41) is 0. The maximum atomic E-state index is 13.3. The topological polar surface area (TPSA) is 59.1 Å². The number of benzene rings is 2. The van der Waals surface area contributed by atoms with E-state index >= 15 is 0 Å². The minimum atomic E-state index is -0.392. The number of esters is 1. The summed E-state index contributed by atoms with van der Waals surface area (Å²) in [7, 11) is 3.00. The highest BCUT2D eigenvalue weighted by molar-refractivity contribution is 7.99. The highest BCUT2D eigenvalue weighted by atomic mass is 32.2. The molecule has 1 unspecified atom stereocenters. The molecular formula is C22H26N2O4S. The van der Waals surface area contributed by atoms with Crippen molar-refractivity contribution >= 4 is 23.8 Å². The number of ether oxygens (including phenoxy) is 2. The van der Waals surface area contributed by atoms with Crippen molar-refractivity contribution in [3.05, 3.63) is 71.8 Å². The van der Waals surface area contributed by atoms with Crippen LogP contribution in [0.15, 0.2) is 60.7 Å². The second kappa shape index (κ2) is 10.3. The van der Waals surface area contributed by atoms with Crippen LogP contribution in [0.25, 0.3) is 0 Å². The molecule has 29 heavy (non-hydrogen) atoms. The third-order valence-electron chi connectivity index (χ3n) is 4.90. The zero-order chi connectivity index (χ0) is 20.6. The molecular weight excluding hydrogens is 388 g/mol. The van der Waals surface area contributed by atoms with Crippen molar-refractivity contribution in [2.24, 2.45) is 0 Å². The second-order valence-corrected chi connectivity index (χ2v) is 7.82. The van der Waals surface area contributed by atoms with Gasteiger partial charge < -0.3 is 14.4 Å². The smallest absolute Gasteiger partial charge is 0.323 e. The van der Waals surface area contributed by atoms with Crippen molar-refractivity contribution in [2.75, 3.05) is 25.7 Å². The second-order valence-electron chi connectivity index (χ2n) is 6.79. The number of amides is 2. The molecule has 6 nitrogen and oxygen atoms in total. The molecule has 2 atom stereocenters. The SMILES string of the molecule is COC(=O)CSC[C@H]1C(OC)N(Cc2ccccc2)C(=O)N1Cc1ccccc1. The Morgan fingerprint density at radius 2 is 1.48 bits per heavy atom. The zero-order valence-corrected chi connectivity index (χ0v) is 17.5. The van der Waals surface area contributed by atoms with Gasteiger partial charge in [-0.15, -0.1) is 11.8 Å². The Morgan fingerprint density at radius 1 is 0.931 bits per heavy atom. The molecule has 154 valence electrons. The van der Waals surface area contributed by atoms with E-state index in [1.54, 1.807) is 12.0 Å². The lowest BCUT2D eigenvalue weighted by atomic mass is 10.2. The summed E-state index contributed by atoms with van der Waals surface area (Å²) in [4.78, 5) is 28.4. The highest BCUT2D eigenvalue weighted by Gasteiger charge is 2.45. The molecule has 3 rings (SSSR count). The fourth-order valence-electron chi connectivity index (χ4n) is 3.46. The molecule has 0 N–H and O–H groups in total. The maximum Gasteiger partial charge on any atom is 0.323 e. The fraction of sp³-hybridized carbons (Fsp3) is 0.364. The van der Waals surface area contributed by atoms with Crippen LogP contribution >= 0.6 is 11.8 Å². The molecule has 1 aliphatic heterocycles. The molecule has 7 heteroatoms. The van der Waals surface area contributed by atoms with Gasteiger partial charge in [-0.1, -0.05) is 60.7 Å². The molecule has 0 radical (unpaired) electrons. The molecule has 2 aromatic carbocycles. The monoisotopic (exact) mass is 414 g/mol. The summed E-state index contributed by atoms with van der Waals surface area (Å²) in [5.41, 5.74) is 2.10. The predicted molar refractivity (Wildman–Crippen MR) is 113 cm³/mol. The number of nitrogens with zero attached hydrogens (tertiary/aromatic N) is 2. The van der Waals surface area contributed by atoms with Crippen molar-refractivity contribution in [3.8, 4) is 0 Å². The molecule has 2 aromatic rings. The lowest BCUT2D eigenvalue weighted by Crippen LogP contribution is -2.40. The van der Waals surface area contributed by atoms with Crippen molar-refractivity contribution in [2.45, 2.75) is 25.4 Å². The number of methoxy groups -OCH3 is 2. The summed E-state index contributed by atoms with van der Waals surface area (Å²) < 4.78 is 10.5. The highest BCUT2D eigenvalue weighted by Crippen LogP contribution is 2.30. The van der Waals surface area contributed by atoms with E-state index in [0.29, 0.717) is 18.8 Å². The molecule has 0 bridgehead atoms. The number of carbonyl (C=O) groups excluding carboxylic acids is 2. The summed E-state index contributed by atoms with van der Waals surface area (Å²) in [5.74, 6) is 0.552. The standard InChI is InChI=1S/C22H26N2O4S/c1-27-20(25)16-29-15-19-21(28-2)24(14-18-11-7-4-8-12-18)22(26)23(19)13-17-9-5-3-6-10-17/h3-12,19,21H,13-16H2,1-2H3/t19-,21?/m0/s1. The lowest BCUT2D eigenvalue weighted by Gasteiger charge is -2.26. The summed E-state index contributed by atoms with van der Waals surface area (Å²) >= 11 is 1.45. The summed E-state index contributed by atoms with van der Waals surface area (Å²) in [6, 6.07) is 19.5. The van der Waals surface area contributed by atoms with E-state index in [0.717, 1.165) is 11.1 Å². The van der Waals surface area contributed by atoms with Gasteiger partial charge in [0.1, 0.15) is 0 Å². The molecule has 1 saturated heterocycles. The van der Waals surface area contributed by atoms with Gasteiger partial charge >= 0.3 is 12.0 Å². The first-order valence-electron chi connectivity index (χ1n) is 9.46. The Morgan fingerprint density at radius 3 is 2.00 bits per heavy atom. The van der Waals surface area contributed by atoms with E-state index < -0.39 is 6.23 Å². The van der Waals surface area contributed by atoms with Crippen LogP contribution in [0.2, 0.25) is 0 Å². The van der Waals surface area contributed by atoms with Gasteiger partial charge in [-0.2, -0.15) is 0 Å². The Bertz CT molecular complexity index is 803. The zero-order valence-electron chi connectivity index (χ0n) is 16.7. The molecule has 2 amide bonds. The van der Waals surface area contributed by atoms with Crippen LogP contribution < -0.4 is 0 Å². The molecule has 0 aromatic heterocycles. The molecule has 0 aliphatic carbocycles. The van der Waals surface area contributed by atoms with E-state index in [1.165, 1.54) is 18.9 Å². The normalized spacial score (nSPS) is 18.9. The minimum absolute atomic E-state index is 0.0618. The average molecular weight is 415 g/mol. The maximum absolute atomic E-state index is 13.3. The number of hydrogen-bond acceptors (Lipinski definition) is 5. The Labute approximate surface area is 175 Å². The van der Waals surface area contributed by atoms with Crippen LogP contribution in [-0.2, 0) is 27.4 Å². The Hall–Kier alpha value is -2.51. The molecule has 0 spiro atoms. The number of thioether (sulfide) groups is 1. The third-order valence-corrected chi connectivity index (χ3v) is 5.91. The van der Waals surface area contributed by atoms with Gasteiger partial charge in [0, 0.05) is 19.4 Å². The van der Waals surface area contributed by atoms with E-state index in [4.69, 9.17) is 9.47 Å². The van der Waals surface area contributed by atoms with Crippen LogP contribution in [0, 0.1) is 0 Å². The molecule has 1 heterocycles. The number of urea groups is 1. The fourth-order valence-corrected chi connectivity index (χ4v) is 4.45. The van der Waals surface area contributed by atoms with Gasteiger partial charge in [0.05, 0.1) is 25.4 Å². The summed E-state index contributed by atoms with van der Waals surface area (Å²) in [6.45, 7) is 0.968. The first-order valence-corrected chi connectivity index (χ1v) is 10.6. The van der Waals surface area contributed by atoms with Gasteiger partial charge in [0.2, 0.25) is 0 Å². The minimum Gasteiger partial charge on any atom is -0.468 e. The number of rotatable bonds is 9. The average Bonchev–Trinajstić information content (AvgIpc) is 3.00. The van der Waals surface area contributed by atoms with Crippen LogP contribution in [0.3, 0.4) is 0 Å². The van der Waals surface area contributed by atoms with E-state index in [1.807, 2.05) is 65.6 Å². The van der Waals surface area contributed by atoms with Gasteiger partial charge in [-0.05, 0) is 11.1 Å². The largest absolute Gasteiger partial charge is 0.468 e. The van der Waals surface area contributed by atoms with E-state index in [-0.39, 0.29) is 23.8 Å². The van der Waals surface area contributed by atoms with Gasteiger partial charge in [0.25, 0.3) is 0 Å². The predicted octanol–water partition coefficient (Wildman–Crippen LogP) is 3.37. The lowest BCUT2D eigenvalue weighted by molar-refractivity contribution is -0.137. The van der Waals surface area contributed by atoms with Crippen molar-refractivity contribution in [1.29, 1.82) is 0 Å². The van der Waals surface area contributed by atoms with Gasteiger partial charge in [0.15, 0.2) is 6.23 Å². The Balaban J connectivity index is 1.80. The number of hydrogen-bond donors (Lipinski definition) is 0. The first-order chi connectivity index (χ1) is 14.1.